The topological polar surface area (TPSA) is 38.3 Å². The Morgan fingerprint density at radius 3 is 2.50 bits per heavy atom. The first-order valence-corrected chi connectivity index (χ1v) is 4.29. The average molecular weight is 185 g/mol. The number of benzene rings is 1. The van der Waals surface area contributed by atoms with Crippen molar-refractivity contribution < 1.29 is 29.8 Å². The van der Waals surface area contributed by atoms with E-state index in [2.05, 4.69) is 5.32 Å². The van der Waals surface area contributed by atoms with E-state index in [4.69, 9.17) is 4.74 Å². The maximum Gasteiger partial charge on any atom is 1.00 e. The van der Waals surface area contributed by atoms with Crippen LogP contribution in [0.5, 0.6) is 0 Å². The molecule has 2 atom stereocenters. The summed E-state index contributed by atoms with van der Waals surface area (Å²) in [4.78, 5) is 10.9. The van der Waals surface area contributed by atoms with Crippen molar-refractivity contribution in [1.82, 2.24) is 5.32 Å². The van der Waals surface area contributed by atoms with Crippen LogP contribution in [0.2, 0.25) is 0 Å². The first-order valence-electron chi connectivity index (χ1n) is 4.29. The van der Waals surface area contributed by atoms with Crippen LogP contribution in [0, 0.1) is 0 Å². The first kappa shape index (κ1) is 11.2. The zero-order valence-corrected chi connectivity index (χ0v) is 8.36. The Labute approximate surface area is 96.5 Å². The number of nitrogens with one attached hydrogen (secondary N) is 1. The van der Waals surface area contributed by atoms with Crippen LogP contribution in [0.3, 0.4) is 0 Å². The van der Waals surface area contributed by atoms with Gasteiger partial charge in [-0.15, -0.1) is 0 Å². The van der Waals surface area contributed by atoms with Gasteiger partial charge in [0, 0.05) is 0 Å². The molecule has 4 heteroatoms. The van der Waals surface area contributed by atoms with E-state index in [1.165, 1.54) is 0 Å². The standard InChI is InChI=1S/C10H11NO2.Li.H/c1-7-9(13-10(12)11-7)8-5-3-2-4-6-8;;/h2-7,9H,1H3,(H,11,12);;/q;+1;-1. The number of carbonyl (C=O) groups is 1. The van der Waals surface area contributed by atoms with Crippen LogP contribution in [-0.4, -0.2) is 12.1 Å². The number of alkyl carbamates (subject to hydrolysis) is 1. The van der Waals surface area contributed by atoms with E-state index < -0.39 is 0 Å². The maximum atomic E-state index is 10.9. The van der Waals surface area contributed by atoms with Gasteiger partial charge in [-0.05, 0) is 12.5 Å². The van der Waals surface area contributed by atoms with E-state index in [-0.39, 0.29) is 38.5 Å². The van der Waals surface area contributed by atoms with E-state index >= 15 is 0 Å². The largest absolute Gasteiger partial charge is 1.00 e. The van der Waals surface area contributed by atoms with Crippen molar-refractivity contribution >= 4 is 6.09 Å². The summed E-state index contributed by atoms with van der Waals surface area (Å²) in [5.74, 6) is 0. The molecule has 1 aromatic carbocycles. The minimum Gasteiger partial charge on any atom is -1.00 e. The van der Waals surface area contributed by atoms with Gasteiger partial charge in [0.15, 0.2) is 0 Å². The molecule has 0 bridgehead atoms. The molecule has 1 aliphatic rings. The summed E-state index contributed by atoms with van der Waals surface area (Å²) < 4.78 is 5.11. The van der Waals surface area contributed by atoms with Crippen LogP contribution in [0.4, 0.5) is 4.79 Å². The summed E-state index contributed by atoms with van der Waals surface area (Å²) >= 11 is 0. The predicted molar refractivity (Wildman–Crippen MR) is 49.4 cm³/mol. The molecule has 14 heavy (non-hydrogen) atoms. The van der Waals surface area contributed by atoms with Gasteiger partial charge in [0.1, 0.15) is 6.10 Å². The summed E-state index contributed by atoms with van der Waals surface area (Å²) in [5.41, 5.74) is 1.04. The molecule has 1 N–H and O–H groups in total. The molecular formula is C10H12LiNO2. The molecule has 0 spiro atoms. The Morgan fingerprint density at radius 2 is 2.00 bits per heavy atom. The van der Waals surface area contributed by atoms with Crippen LogP contribution < -0.4 is 24.2 Å². The minimum atomic E-state index is -0.332. The van der Waals surface area contributed by atoms with Gasteiger partial charge in [0.2, 0.25) is 0 Å². The van der Waals surface area contributed by atoms with Gasteiger partial charge in [0.25, 0.3) is 0 Å². The van der Waals surface area contributed by atoms with E-state index in [1.54, 1.807) is 0 Å². The molecule has 1 saturated heterocycles. The molecule has 3 nitrogen and oxygen atoms in total. The summed E-state index contributed by atoms with van der Waals surface area (Å²) in [7, 11) is 0. The third-order valence-corrected chi connectivity index (χ3v) is 2.16. The second-order valence-electron chi connectivity index (χ2n) is 3.17. The first-order chi connectivity index (χ1) is 6.27. The number of rotatable bonds is 1. The van der Waals surface area contributed by atoms with Gasteiger partial charge in [-0.3, -0.25) is 0 Å². The second-order valence-corrected chi connectivity index (χ2v) is 3.17. The molecule has 1 aliphatic heterocycles. The van der Waals surface area contributed by atoms with Gasteiger partial charge < -0.3 is 11.5 Å². The van der Waals surface area contributed by atoms with Crippen molar-refractivity contribution in [3.63, 3.8) is 0 Å². The monoisotopic (exact) mass is 185 g/mol. The molecule has 1 amide bonds. The van der Waals surface area contributed by atoms with Crippen molar-refractivity contribution in [1.29, 1.82) is 0 Å². The number of hydrogen-bond donors (Lipinski definition) is 1. The van der Waals surface area contributed by atoms with Crippen molar-refractivity contribution in [3.8, 4) is 0 Å². The van der Waals surface area contributed by atoms with Crippen molar-refractivity contribution in [2.24, 2.45) is 0 Å². The number of carbonyl (C=O) groups excluding carboxylic acids is 1. The molecule has 0 aliphatic carbocycles. The molecule has 0 aromatic heterocycles. The quantitative estimate of drug-likeness (QED) is 0.568. The Morgan fingerprint density at radius 1 is 1.36 bits per heavy atom. The van der Waals surface area contributed by atoms with Gasteiger partial charge in [-0.1, -0.05) is 30.3 Å². The van der Waals surface area contributed by atoms with Crippen LogP contribution in [0.15, 0.2) is 30.3 Å². The Kier molecular flexibility index (Phi) is 3.62. The molecule has 1 heterocycles. The fourth-order valence-corrected chi connectivity index (χ4v) is 1.51. The smallest absolute Gasteiger partial charge is 1.00 e. The third-order valence-electron chi connectivity index (χ3n) is 2.16. The van der Waals surface area contributed by atoms with Crippen molar-refractivity contribution in [3.05, 3.63) is 35.9 Å². The normalized spacial score (nSPS) is 24.8. The number of hydrogen-bond acceptors (Lipinski definition) is 2. The fourth-order valence-electron chi connectivity index (χ4n) is 1.51. The summed E-state index contributed by atoms with van der Waals surface area (Å²) in [6.07, 6.45) is -0.477. The van der Waals surface area contributed by atoms with E-state index in [0.717, 1.165) is 5.56 Å². The van der Waals surface area contributed by atoms with Crippen LogP contribution in [-0.2, 0) is 4.74 Å². The minimum absolute atomic E-state index is 0. The van der Waals surface area contributed by atoms with E-state index in [0.29, 0.717) is 0 Å². The number of cyclic esters (lactones) is 1. The molecule has 70 valence electrons. The van der Waals surface area contributed by atoms with Crippen LogP contribution in [0.1, 0.15) is 20.0 Å². The molecule has 2 unspecified atom stereocenters. The number of amides is 1. The van der Waals surface area contributed by atoms with Gasteiger partial charge >= 0.3 is 25.0 Å². The molecule has 2 rings (SSSR count). The molecule has 0 radical (unpaired) electrons. The zero-order valence-electron chi connectivity index (χ0n) is 9.36. The number of ether oxygens (including phenoxy) is 1. The molecule has 0 saturated carbocycles. The molecule has 1 fully saturated rings. The predicted octanol–water partition coefficient (Wildman–Crippen LogP) is -1.03. The zero-order chi connectivity index (χ0) is 9.26. The van der Waals surface area contributed by atoms with Crippen molar-refractivity contribution in [2.75, 3.05) is 0 Å². The third kappa shape index (κ3) is 2.12. The van der Waals surface area contributed by atoms with Gasteiger partial charge in [-0.25, -0.2) is 4.79 Å². The van der Waals surface area contributed by atoms with Crippen LogP contribution in [0.25, 0.3) is 0 Å². The SMILES string of the molecule is CC1NC(=O)OC1c1ccccc1.[H-].[Li+]. The molecule has 1 aromatic rings. The summed E-state index contributed by atoms with van der Waals surface area (Å²) in [5, 5.41) is 2.70. The Bertz CT molecular complexity index is 320. The van der Waals surface area contributed by atoms with E-state index in [1.807, 2.05) is 37.3 Å². The van der Waals surface area contributed by atoms with Gasteiger partial charge in [-0.2, -0.15) is 0 Å². The Hall–Kier alpha value is -0.913. The maximum absolute atomic E-state index is 10.9. The Balaban J connectivity index is 0.000000980. The molecular weight excluding hydrogens is 173 g/mol. The summed E-state index contributed by atoms with van der Waals surface area (Å²) in [6.45, 7) is 1.93. The van der Waals surface area contributed by atoms with Crippen molar-refractivity contribution in [2.45, 2.75) is 19.1 Å². The van der Waals surface area contributed by atoms with Gasteiger partial charge in [0.05, 0.1) is 6.04 Å². The second kappa shape index (κ2) is 4.54. The summed E-state index contributed by atoms with van der Waals surface area (Å²) in [6, 6.07) is 9.79. The van der Waals surface area contributed by atoms with E-state index in [9.17, 15) is 4.79 Å². The van der Waals surface area contributed by atoms with Crippen LogP contribution >= 0.6 is 0 Å². The fraction of sp³-hybridized carbons (Fsp3) is 0.300. The average Bonchev–Trinajstić information content (AvgIpc) is 2.47.